The van der Waals surface area contributed by atoms with Gasteiger partial charge in [0.2, 0.25) is 0 Å². The fourth-order valence-electron chi connectivity index (χ4n) is 2.71. The topological polar surface area (TPSA) is 42.5 Å². The van der Waals surface area contributed by atoms with E-state index in [0.29, 0.717) is 12.6 Å². The molecule has 1 aliphatic heterocycles. The van der Waals surface area contributed by atoms with Crippen LogP contribution in [0.3, 0.4) is 0 Å². The van der Waals surface area contributed by atoms with Crippen LogP contribution in [0, 0.1) is 0 Å². The highest BCUT2D eigenvalue weighted by atomic mass is 32.2. The summed E-state index contributed by atoms with van der Waals surface area (Å²) in [6, 6.07) is 16.9. The lowest BCUT2D eigenvalue weighted by Crippen LogP contribution is -2.38. The second-order valence-corrected chi connectivity index (χ2v) is 6.56. The van der Waals surface area contributed by atoms with Crippen LogP contribution in [0.1, 0.15) is 24.1 Å². The Morgan fingerprint density at radius 2 is 1.88 bits per heavy atom. The molecule has 1 heterocycles. The standard InChI is InChI=1S/C19H24N2O2S/c1-14(21-24-2)16-9-7-15(8-10-16)11-20-12-17-13-22-18-5-3-4-6-19(18)23-17/h3-10,14,17,20-21H,11-13H2,1-2H3/t14-,17+/m1/s1. The Bertz CT molecular complexity index is 648. The van der Waals surface area contributed by atoms with Crippen molar-refractivity contribution in [2.24, 2.45) is 0 Å². The smallest absolute Gasteiger partial charge is 0.161 e. The maximum absolute atomic E-state index is 5.95. The summed E-state index contributed by atoms with van der Waals surface area (Å²) in [6.07, 6.45) is 2.09. The molecule has 2 aromatic carbocycles. The van der Waals surface area contributed by atoms with Crippen molar-refractivity contribution in [3.63, 3.8) is 0 Å². The quantitative estimate of drug-likeness (QED) is 0.752. The van der Waals surface area contributed by atoms with Crippen LogP contribution in [0.25, 0.3) is 0 Å². The molecular formula is C19H24N2O2S. The van der Waals surface area contributed by atoms with Crippen molar-refractivity contribution in [3.05, 3.63) is 59.7 Å². The molecule has 0 amide bonds. The average Bonchev–Trinajstić information content (AvgIpc) is 2.62. The normalized spacial score (nSPS) is 17.5. The van der Waals surface area contributed by atoms with Crippen LogP contribution in [-0.2, 0) is 6.54 Å². The molecule has 2 atom stereocenters. The highest BCUT2D eigenvalue weighted by molar-refractivity contribution is 7.96. The summed E-state index contributed by atoms with van der Waals surface area (Å²) in [5.74, 6) is 1.66. The van der Waals surface area contributed by atoms with Gasteiger partial charge in [-0.2, -0.15) is 0 Å². The molecule has 0 fully saturated rings. The van der Waals surface area contributed by atoms with Gasteiger partial charge in [-0.15, -0.1) is 0 Å². The molecule has 2 N–H and O–H groups in total. The van der Waals surface area contributed by atoms with E-state index >= 15 is 0 Å². The zero-order chi connectivity index (χ0) is 16.8. The molecule has 1 aliphatic rings. The minimum atomic E-state index is 0.0463. The first-order valence-corrected chi connectivity index (χ1v) is 9.45. The fraction of sp³-hybridized carbons (Fsp3) is 0.368. The molecule has 0 saturated heterocycles. The van der Waals surface area contributed by atoms with Crippen molar-refractivity contribution in [3.8, 4) is 11.5 Å². The molecule has 2 aromatic rings. The highest BCUT2D eigenvalue weighted by Crippen LogP contribution is 2.30. The van der Waals surface area contributed by atoms with Crippen molar-refractivity contribution in [2.75, 3.05) is 19.4 Å². The Morgan fingerprint density at radius 1 is 1.12 bits per heavy atom. The van der Waals surface area contributed by atoms with Gasteiger partial charge in [0.1, 0.15) is 12.7 Å². The molecule has 0 radical (unpaired) electrons. The van der Waals surface area contributed by atoms with Crippen molar-refractivity contribution in [1.29, 1.82) is 0 Å². The van der Waals surface area contributed by atoms with Gasteiger partial charge in [-0.1, -0.05) is 48.3 Å². The lowest BCUT2D eigenvalue weighted by atomic mass is 10.1. The Labute approximate surface area is 148 Å². The van der Waals surface area contributed by atoms with E-state index in [2.05, 4.69) is 41.2 Å². The van der Waals surface area contributed by atoms with Crippen molar-refractivity contribution < 1.29 is 9.47 Å². The third kappa shape index (κ3) is 4.44. The Morgan fingerprint density at radius 3 is 2.62 bits per heavy atom. The molecule has 0 unspecified atom stereocenters. The minimum absolute atomic E-state index is 0.0463. The first-order valence-electron chi connectivity index (χ1n) is 8.23. The molecule has 0 saturated carbocycles. The van der Waals surface area contributed by atoms with Gasteiger partial charge >= 0.3 is 0 Å². The number of ether oxygens (including phenoxy) is 2. The molecule has 0 spiro atoms. The van der Waals surface area contributed by atoms with Crippen molar-refractivity contribution in [2.45, 2.75) is 25.6 Å². The molecule has 0 aromatic heterocycles. The second kappa shape index (κ2) is 8.42. The molecular weight excluding hydrogens is 320 g/mol. The summed E-state index contributed by atoms with van der Waals surface area (Å²) in [5, 5.41) is 3.45. The van der Waals surface area contributed by atoms with Crippen molar-refractivity contribution in [1.82, 2.24) is 10.0 Å². The van der Waals surface area contributed by atoms with E-state index in [4.69, 9.17) is 9.47 Å². The largest absolute Gasteiger partial charge is 0.486 e. The Balaban J connectivity index is 1.45. The van der Waals surface area contributed by atoms with Crippen LogP contribution in [0.5, 0.6) is 11.5 Å². The predicted molar refractivity (Wildman–Crippen MR) is 99.6 cm³/mol. The molecule has 3 rings (SSSR count). The number of nitrogens with one attached hydrogen (secondary N) is 2. The molecule has 0 bridgehead atoms. The number of fused-ring (bicyclic) bond motifs is 1. The number of hydrogen-bond donors (Lipinski definition) is 2. The average molecular weight is 344 g/mol. The van der Waals surface area contributed by atoms with Gasteiger partial charge in [0.25, 0.3) is 0 Å². The molecule has 0 aliphatic carbocycles. The molecule has 4 nitrogen and oxygen atoms in total. The van der Waals surface area contributed by atoms with Gasteiger partial charge in [0, 0.05) is 19.1 Å². The molecule has 5 heteroatoms. The van der Waals surface area contributed by atoms with Crippen LogP contribution in [-0.4, -0.2) is 25.5 Å². The first kappa shape index (κ1) is 17.1. The third-order valence-corrected chi connectivity index (χ3v) is 4.63. The van der Waals surface area contributed by atoms with Crippen LogP contribution in [0.2, 0.25) is 0 Å². The van der Waals surface area contributed by atoms with Gasteiger partial charge in [-0.25, -0.2) is 0 Å². The monoisotopic (exact) mass is 344 g/mol. The Hall–Kier alpha value is -1.69. The molecule has 24 heavy (non-hydrogen) atoms. The number of rotatable bonds is 7. The second-order valence-electron chi connectivity index (χ2n) is 5.91. The Kier molecular flexibility index (Phi) is 6.01. The summed E-state index contributed by atoms with van der Waals surface area (Å²) in [7, 11) is 0. The first-order chi connectivity index (χ1) is 11.8. The van der Waals surface area contributed by atoms with E-state index < -0.39 is 0 Å². The number of hydrogen-bond acceptors (Lipinski definition) is 5. The summed E-state index contributed by atoms with van der Waals surface area (Å²) in [5.41, 5.74) is 2.57. The highest BCUT2D eigenvalue weighted by Gasteiger charge is 2.19. The van der Waals surface area contributed by atoms with Crippen LogP contribution >= 0.6 is 11.9 Å². The summed E-state index contributed by atoms with van der Waals surface area (Å²) in [4.78, 5) is 0. The predicted octanol–water partition coefficient (Wildman–Crippen LogP) is 3.54. The van der Waals surface area contributed by atoms with E-state index in [0.717, 1.165) is 24.6 Å². The molecule has 128 valence electrons. The van der Waals surface area contributed by atoms with E-state index in [9.17, 15) is 0 Å². The zero-order valence-electron chi connectivity index (χ0n) is 14.1. The van der Waals surface area contributed by atoms with Crippen LogP contribution < -0.4 is 19.5 Å². The minimum Gasteiger partial charge on any atom is -0.486 e. The summed E-state index contributed by atoms with van der Waals surface area (Å²) in [6.45, 7) is 4.34. The number of para-hydroxylation sites is 2. The van der Waals surface area contributed by atoms with E-state index in [1.165, 1.54) is 11.1 Å². The van der Waals surface area contributed by atoms with Gasteiger partial charge in [0.15, 0.2) is 11.5 Å². The lowest BCUT2D eigenvalue weighted by Gasteiger charge is -2.26. The maximum Gasteiger partial charge on any atom is 0.161 e. The SMILES string of the molecule is CSN[C@H](C)c1ccc(CNC[C@H]2COc3ccccc3O2)cc1. The van der Waals surface area contributed by atoms with E-state index in [1.54, 1.807) is 11.9 Å². The number of benzene rings is 2. The van der Waals surface area contributed by atoms with Gasteiger partial charge < -0.3 is 14.8 Å². The summed E-state index contributed by atoms with van der Waals surface area (Å²) < 4.78 is 15.0. The van der Waals surface area contributed by atoms with Crippen LogP contribution in [0.4, 0.5) is 0 Å². The zero-order valence-corrected chi connectivity index (χ0v) is 14.9. The third-order valence-electron chi connectivity index (χ3n) is 4.04. The van der Waals surface area contributed by atoms with Crippen molar-refractivity contribution >= 4 is 11.9 Å². The van der Waals surface area contributed by atoms with Gasteiger partial charge in [0.05, 0.1) is 0 Å². The summed E-state index contributed by atoms with van der Waals surface area (Å²) >= 11 is 1.65. The van der Waals surface area contributed by atoms with Gasteiger partial charge in [-0.3, -0.25) is 4.72 Å². The fourth-order valence-corrected chi connectivity index (χ4v) is 3.20. The van der Waals surface area contributed by atoms with E-state index in [-0.39, 0.29) is 6.10 Å². The van der Waals surface area contributed by atoms with Gasteiger partial charge in [-0.05, 0) is 36.4 Å². The van der Waals surface area contributed by atoms with E-state index in [1.807, 2.05) is 30.5 Å². The maximum atomic E-state index is 5.95. The van der Waals surface area contributed by atoms with Crippen LogP contribution in [0.15, 0.2) is 48.5 Å². The lowest BCUT2D eigenvalue weighted by molar-refractivity contribution is 0.0902.